The van der Waals surface area contributed by atoms with E-state index >= 15 is 0 Å². The fourth-order valence-electron chi connectivity index (χ4n) is 2.96. The number of aliphatic carboxylic acids is 1. The topological polar surface area (TPSA) is 86.7 Å². The molecule has 0 saturated carbocycles. The monoisotopic (exact) mass is 340 g/mol. The van der Waals surface area contributed by atoms with Crippen molar-refractivity contribution >= 4 is 16.0 Å². The molecule has 1 aliphatic rings. The van der Waals surface area contributed by atoms with Gasteiger partial charge in [-0.1, -0.05) is 30.3 Å². The maximum atomic E-state index is 12.7. The summed E-state index contributed by atoms with van der Waals surface area (Å²) in [6, 6.07) is 8.97. The first-order chi connectivity index (χ1) is 10.7. The van der Waals surface area contributed by atoms with Crippen molar-refractivity contribution in [2.75, 3.05) is 25.4 Å². The van der Waals surface area contributed by atoms with Crippen LogP contribution in [0.2, 0.25) is 0 Å². The van der Waals surface area contributed by atoms with Gasteiger partial charge in [0, 0.05) is 25.7 Å². The van der Waals surface area contributed by atoms with E-state index in [0.717, 1.165) is 5.56 Å². The molecule has 1 saturated heterocycles. The first-order valence-electron chi connectivity index (χ1n) is 7.72. The Kier molecular flexibility index (Phi) is 5.44. The van der Waals surface area contributed by atoms with Crippen molar-refractivity contribution < 1.29 is 18.3 Å². The largest absolute Gasteiger partial charge is 0.481 e. The van der Waals surface area contributed by atoms with Crippen molar-refractivity contribution in [2.24, 2.45) is 5.41 Å². The Morgan fingerprint density at radius 2 is 2.04 bits per heavy atom. The summed E-state index contributed by atoms with van der Waals surface area (Å²) in [6.45, 7) is 4.89. The highest BCUT2D eigenvalue weighted by Crippen LogP contribution is 2.27. The smallest absolute Gasteiger partial charge is 0.310 e. The van der Waals surface area contributed by atoms with Crippen LogP contribution in [0.3, 0.4) is 0 Å². The third kappa shape index (κ3) is 4.31. The predicted octanol–water partition coefficient (Wildman–Crippen LogP) is 0.944. The molecule has 1 aliphatic heterocycles. The molecule has 7 heteroatoms. The van der Waals surface area contributed by atoms with Crippen molar-refractivity contribution in [2.45, 2.75) is 26.3 Å². The van der Waals surface area contributed by atoms with Crippen LogP contribution < -0.4 is 5.32 Å². The number of benzene rings is 1. The molecule has 0 radical (unpaired) electrons. The molecule has 2 atom stereocenters. The summed E-state index contributed by atoms with van der Waals surface area (Å²) in [7, 11) is -3.64. The standard InChI is InChI=1S/C16H24N2O4S/c1-13-11-17-8-9-18(13)23(21,22)12-16(2,15(19)20)10-14-6-4-3-5-7-14/h3-7,13,17H,8-12H2,1-2H3,(H,19,20). The molecule has 128 valence electrons. The summed E-state index contributed by atoms with van der Waals surface area (Å²) in [4.78, 5) is 11.8. The number of nitrogens with one attached hydrogen (secondary N) is 1. The van der Waals surface area contributed by atoms with Crippen LogP contribution in [-0.4, -0.2) is 55.2 Å². The Balaban J connectivity index is 2.22. The van der Waals surface area contributed by atoms with Crippen molar-refractivity contribution in [1.29, 1.82) is 0 Å². The van der Waals surface area contributed by atoms with E-state index in [4.69, 9.17) is 0 Å². The number of carboxylic acid groups (broad SMARTS) is 1. The third-order valence-electron chi connectivity index (χ3n) is 4.25. The van der Waals surface area contributed by atoms with Gasteiger partial charge in [0.05, 0.1) is 11.2 Å². The van der Waals surface area contributed by atoms with Gasteiger partial charge < -0.3 is 10.4 Å². The Bertz CT molecular complexity index is 647. The van der Waals surface area contributed by atoms with E-state index in [1.165, 1.54) is 11.2 Å². The molecule has 6 nitrogen and oxygen atoms in total. The van der Waals surface area contributed by atoms with Crippen LogP contribution >= 0.6 is 0 Å². The van der Waals surface area contributed by atoms with Gasteiger partial charge in [-0.05, 0) is 25.8 Å². The van der Waals surface area contributed by atoms with E-state index in [9.17, 15) is 18.3 Å². The number of hydrogen-bond donors (Lipinski definition) is 2. The third-order valence-corrected chi connectivity index (χ3v) is 6.51. The number of nitrogens with zero attached hydrogens (tertiary/aromatic N) is 1. The van der Waals surface area contributed by atoms with E-state index in [1.807, 2.05) is 37.3 Å². The lowest BCUT2D eigenvalue weighted by molar-refractivity contribution is -0.146. The second-order valence-corrected chi connectivity index (χ2v) is 8.37. The second-order valence-electron chi connectivity index (χ2n) is 6.45. The first kappa shape index (κ1) is 17.9. The minimum atomic E-state index is -3.64. The van der Waals surface area contributed by atoms with Gasteiger partial charge >= 0.3 is 5.97 Å². The number of piperazine rings is 1. The van der Waals surface area contributed by atoms with Crippen LogP contribution in [0, 0.1) is 5.41 Å². The van der Waals surface area contributed by atoms with Gasteiger partial charge in [0.25, 0.3) is 0 Å². The zero-order chi connectivity index (χ0) is 17.1. The fraction of sp³-hybridized carbons (Fsp3) is 0.562. The van der Waals surface area contributed by atoms with E-state index in [1.54, 1.807) is 0 Å². The minimum absolute atomic E-state index is 0.163. The van der Waals surface area contributed by atoms with Crippen molar-refractivity contribution in [3.05, 3.63) is 35.9 Å². The summed E-state index contributed by atoms with van der Waals surface area (Å²) in [5.74, 6) is -1.48. The zero-order valence-corrected chi connectivity index (χ0v) is 14.3. The lowest BCUT2D eigenvalue weighted by Gasteiger charge is -2.35. The lowest BCUT2D eigenvalue weighted by atomic mass is 9.86. The number of carboxylic acids is 1. The SMILES string of the molecule is CC1CNCCN1S(=O)(=O)CC(C)(Cc1ccccc1)C(=O)O. The highest BCUT2D eigenvalue weighted by atomic mass is 32.2. The minimum Gasteiger partial charge on any atom is -0.481 e. The molecule has 0 aromatic heterocycles. The van der Waals surface area contributed by atoms with Gasteiger partial charge in [0.1, 0.15) is 0 Å². The summed E-state index contributed by atoms with van der Waals surface area (Å²) < 4.78 is 26.9. The Morgan fingerprint density at radius 1 is 1.39 bits per heavy atom. The maximum absolute atomic E-state index is 12.7. The molecule has 0 bridgehead atoms. The van der Waals surface area contributed by atoms with Crippen LogP contribution in [0.1, 0.15) is 19.4 Å². The summed E-state index contributed by atoms with van der Waals surface area (Å²) in [5, 5.41) is 12.8. The summed E-state index contributed by atoms with van der Waals surface area (Å²) >= 11 is 0. The molecule has 0 spiro atoms. The molecule has 0 aliphatic carbocycles. The number of sulfonamides is 1. The van der Waals surface area contributed by atoms with Gasteiger partial charge in [-0.2, -0.15) is 4.31 Å². The molecule has 2 rings (SSSR count). The van der Waals surface area contributed by atoms with Crippen molar-refractivity contribution in [3.8, 4) is 0 Å². The number of rotatable bonds is 6. The predicted molar refractivity (Wildman–Crippen MR) is 88.7 cm³/mol. The van der Waals surface area contributed by atoms with Gasteiger partial charge in [-0.15, -0.1) is 0 Å². The van der Waals surface area contributed by atoms with E-state index in [2.05, 4.69) is 5.32 Å². The quantitative estimate of drug-likeness (QED) is 0.805. The van der Waals surface area contributed by atoms with Gasteiger partial charge in [-0.3, -0.25) is 4.79 Å². The normalized spacial score (nSPS) is 22.4. The lowest BCUT2D eigenvalue weighted by Crippen LogP contribution is -2.54. The van der Waals surface area contributed by atoms with Crippen LogP contribution in [0.5, 0.6) is 0 Å². The second kappa shape index (κ2) is 6.98. The average Bonchev–Trinajstić information content (AvgIpc) is 2.47. The van der Waals surface area contributed by atoms with Crippen LogP contribution in [-0.2, 0) is 21.2 Å². The summed E-state index contributed by atoms with van der Waals surface area (Å²) in [5.41, 5.74) is -0.536. The van der Waals surface area contributed by atoms with E-state index < -0.39 is 27.2 Å². The Labute approximate surface area is 137 Å². The van der Waals surface area contributed by atoms with Crippen molar-refractivity contribution in [3.63, 3.8) is 0 Å². The number of carbonyl (C=O) groups is 1. The summed E-state index contributed by atoms with van der Waals surface area (Å²) in [6.07, 6.45) is 0.183. The fourth-order valence-corrected chi connectivity index (χ4v) is 5.14. The zero-order valence-electron chi connectivity index (χ0n) is 13.5. The van der Waals surface area contributed by atoms with E-state index in [0.29, 0.717) is 19.6 Å². The molecule has 23 heavy (non-hydrogen) atoms. The molecule has 1 heterocycles. The molecule has 1 aromatic carbocycles. The van der Waals surface area contributed by atoms with Gasteiger partial charge in [-0.25, -0.2) is 8.42 Å². The highest BCUT2D eigenvalue weighted by Gasteiger charge is 2.42. The van der Waals surface area contributed by atoms with Crippen LogP contribution in [0.4, 0.5) is 0 Å². The molecular formula is C16H24N2O4S. The molecule has 2 N–H and O–H groups in total. The molecule has 0 amide bonds. The highest BCUT2D eigenvalue weighted by molar-refractivity contribution is 7.89. The molecular weight excluding hydrogens is 316 g/mol. The van der Waals surface area contributed by atoms with Gasteiger partial charge in [0.2, 0.25) is 10.0 Å². The van der Waals surface area contributed by atoms with Crippen LogP contribution in [0.25, 0.3) is 0 Å². The molecule has 1 aromatic rings. The Morgan fingerprint density at radius 3 is 2.61 bits per heavy atom. The van der Waals surface area contributed by atoms with Gasteiger partial charge in [0.15, 0.2) is 0 Å². The van der Waals surface area contributed by atoms with Crippen LogP contribution in [0.15, 0.2) is 30.3 Å². The van der Waals surface area contributed by atoms with E-state index in [-0.39, 0.29) is 12.5 Å². The first-order valence-corrected chi connectivity index (χ1v) is 9.33. The average molecular weight is 340 g/mol. The molecule has 2 unspecified atom stereocenters. The molecule has 1 fully saturated rings. The van der Waals surface area contributed by atoms with Crippen molar-refractivity contribution in [1.82, 2.24) is 9.62 Å². The maximum Gasteiger partial charge on any atom is 0.310 e. The Hall–Kier alpha value is -1.44. The number of hydrogen-bond acceptors (Lipinski definition) is 4.